The Balaban J connectivity index is 2.43. The fourth-order valence-corrected chi connectivity index (χ4v) is 1.55. The Labute approximate surface area is 70.9 Å². The first-order chi connectivity index (χ1) is 5.83. The van der Waals surface area contributed by atoms with Crippen molar-refractivity contribution in [2.24, 2.45) is 4.99 Å². The number of carbonyl (C=O) groups is 1. The van der Waals surface area contributed by atoms with Crippen LogP contribution >= 0.6 is 0 Å². The van der Waals surface area contributed by atoms with Crippen molar-refractivity contribution in [1.82, 2.24) is 5.32 Å². The summed E-state index contributed by atoms with van der Waals surface area (Å²) in [6.07, 6.45) is 5.82. The summed E-state index contributed by atoms with van der Waals surface area (Å²) in [5.41, 5.74) is 1.84. The molecule has 0 unspecified atom stereocenters. The van der Waals surface area contributed by atoms with Gasteiger partial charge in [0, 0.05) is 18.2 Å². The van der Waals surface area contributed by atoms with E-state index in [-0.39, 0.29) is 5.91 Å². The summed E-state index contributed by atoms with van der Waals surface area (Å²) in [6.45, 7) is 0. The zero-order valence-corrected chi connectivity index (χ0v) is 6.92. The lowest BCUT2D eigenvalue weighted by molar-refractivity contribution is -0.113. The molecule has 0 bridgehead atoms. The summed E-state index contributed by atoms with van der Waals surface area (Å²) >= 11 is 0. The number of hydrogen-bond donors (Lipinski definition) is 1. The number of hydrogen-bond acceptors (Lipinski definition) is 2. The summed E-state index contributed by atoms with van der Waals surface area (Å²) in [4.78, 5) is 15.1. The Kier molecular flexibility index (Phi) is 1.57. The number of allylic oxidation sites excluding steroid dienone is 1. The minimum Gasteiger partial charge on any atom is -0.373 e. The highest BCUT2D eigenvalue weighted by Gasteiger charge is 2.24. The van der Waals surface area contributed by atoms with Crippen molar-refractivity contribution in [1.29, 1.82) is 0 Å². The third-order valence-corrected chi connectivity index (χ3v) is 2.14. The van der Waals surface area contributed by atoms with Crippen LogP contribution in [0.2, 0.25) is 0 Å². The Hall–Kier alpha value is -1.38. The average molecular weight is 162 g/mol. The van der Waals surface area contributed by atoms with Crippen LogP contribution in [0.5, 0.6) is 0 Å². The quantitative estimate of drug-likeness (QED) is 0.572. The van der Waals surface area contributed by atoms with E-state index in [2.05, 4.69) is 10.3 Å². The number of aliphatic imine (C=N–C) groups is 1. The first-order valence-corrected chi connectivity index (χ1v) is 4.04. The lowest BCUT2D eigenvalue weighted by atomic mass is 9.98. The molecule has 1 aliphatic carbocycles. The van der Waals surface area contributed by atoms with E-state index in [0.717, 1.165) is 29.8 Å². The number of nitrogens with zero attached hydrogens (tertiary/aromatic N) is 1. The molecule has 0 aromatic carbocycles. The normalized spacial score (nSPS) is 21.1. The molecule has 1 amide bonds. The van der Waals surface area contributed by atoms with Crippen LogP contribution in [0.15, 0.2) is 28.3 Å². The first-order valence-electron chi connectivity index (χ1n) is 4.04. The van der Waals surface area contributed by atoms with E-state index in [1.54, 1.807) is 7.05 Å². The van der Waals surface area contributed by atoms with Gasteiger partial charge in [-0.2, -0.15) is 4.99 Å². The largest absolute Gasteiger partial charge is 0.373 e. The molecule has 0 saturated heterocycles. The molecule has 0 radical (unpaired) electrons. The van der Waals surface area contributed by atoms with Gasteiger partial charge in [-0.25, -0.2) is 0 Å². The highest BCUT2D eigenvalue weighted by Crippen LogP contribution is 2.25. The van der Waals surface area contributed by atoms with Gasteiger partial charge in [0.05, 0.1) is 0 Å². The van der Waals surface area contributed by atoms with Gasteiger partial charge in [0.1, 0.15) is 5.84 Å². The third-order valence-electron chi connectivity index (χ3n) is 2.14. The topological polar surface area (TPSA) is 41.5 Å². The summed E-state index contributed by atoms with van der Waals surface area (Å²) in [5, 5.41) is 2.93. The van der Waals surface area contributed by atoms with Crippen LogP contribution in [0, 0.1) is 0 Å². The Bertz CT molecular complexity index is 323. The van der Waals surface area contributed by atoms with E-state index < -0.39 is 0 Å². The predicted molar refractivity (Wildman–Crippen MR) is 46.9 cm³/mol. The van der Waals surface area contributed by atoms with Crippen LogP contribution in [0.3, 0.4) is 0 Å². The monoisotopic (exact) mass is 162 g/mol. The molecule has 0 aromatic heterocycles. The van der Waals surface area contributed by atoms with Crippen LogP contribution in [0.1, 0.15) is 12.8 Å². The van der Waals surface area contributed by atoms with E-state index in [4.69, 9.17) is 0 Å². The first kappa shape index (κ1) is 7.28. The van der Waals surface area contributed by atoms with Crippen molar-refractivity contribution in [2.45, 2.75) is 12.8 Å². The van der Waals surface area contributed by atoms with Gasteiger partial charge in [-0.3, -0.25) is 4.79 Å². The maximum Gasteiger partial charge on any atom is 0.279 e. The molecule has 0 aromatic rings. The maximum absolute atomic E-state index is 11.2. The van der Waals surface area contributed by atoms with Crippen molar-refractivity contribution in [3.8, 4) is 0 Å². The molecular weight excluding hydrogens is 152 g/mol. The minimum atomic E-state index is -0.106. The molecule has 1 N–H and O–H groups in total. The van der Waals surface area contributed by atoms with Crippen molar-refractivity contribution >= 4 is 11.7 Å². The number of carbonyl (C=O) groups excluding carboxylic acids is 1. The Morgan fingerprint density at radius 3 is 3.17 bits per heavy atom. The molecule has 2 aliphatic rings. The molecule has 2 rings (SSSR count). The van der Waals surface area contributed by atoms with Crippen LogP contribution < -0.4 is 5.32 Å². The number of nitrogens with one attached hydrogen (secondary N) is 1. The molecular formula is C9H10N2O. The molecule has 1 aliphatic heterocycles. The van der Waals surface area contributed by atoms with Crippen molar-refractivity contribution < 1.29 is 4.79 Å². The van der Waals surface area contributed by atoms with E-state index in [1.807, 2.05) is 12.2 Å². The molecule has 1 heterocycles. The van der Waals surface area contributed by atoms with Gasteiger partial charge >= 0.3 is 0 Å². The van der Waals surface area contributed by atoms with Gasteiger partial charge in [0.2, 0.25) is 0 Å². The molecule has 12 heavy (non-hydrogen) atoms. The standard InChI is InChI=1S/C9H10N2O/c1-10-8-6-4-2-3-5-7(6)9(12)11-8/h3,5H,2,4H2,1H3,(H,10,11,12). The van der Waals surface area contributed by atoms with Gasteiger partial charge in [-0.1, -0.05) is 12.2 Å². The van der Waals surface area contributed by atoms with Crippen LogP contribution in [-0.2, 0) is 4.79 Å². The molecule has 0 atom stereocenters. The molecule has 3 nitrogen and oxygen atoms in total. The fourth-order valence-electron chi connectivity index (χ4n) is 1.55. The second-order valence-electron chi connectivity index (χ2n) is 2.85. The molecule has 3 heteroatoms. The van der Waals surface area contributed by atoms with E-state index in [1.165, 1.54) is 0 Å². The summed E-state index contributed by atoms with van der Waals surface area (Å²) in [6, 6.07) is 0. The van der Waals surface area contributed by atoms with E-state index in [0.29, 0.717) is 0 Å². The smallest absolute Gasteiger partial charge is 0.279 e. The van der Waals surface area contributed by atoms with Gasteiger partial charge in [0.15, 0.2) is 0 Å². The number of amides is 1. The van der Waals surface area contributed by atoms with Gasteiger partial charge < -0.3 is 5.32 Å². The van der Waals surface area contributed by atoms with Crippen LogP contribution in [0.25, 0.3) is 0 Å². The minimum absolute atomic E-state index is 0.106. The highest BCUT2D eigenvalue weighted by atomic mass is 16.1. The van der Waals surface area contributed by atoms with Crippen molar-refractivity contribution in [3.05, 3.63) is 23.3 Å². The predicted octanol–water partition coefficient (Wildman–Crippen LogP) is 0.791. The summed E-state index contributed by atoms with van der Waals surface area (Å²) in [5.74, 6) is 0.643. The second-order valence-corrected chi connectivity index (χ2v) is 2.85. The van der Waals surface area contributed by atoms with Gasteiger partial charge in [-0.05, 0) is 12.8 Å². The molecule has 0 saturated carbocycles. The number of amidine groups is 1. The molecule has 0 fully saturated rings. The second kappa shape index (κ2) is 2.59. The Morgan fingerprint density at radius 1 is 1.58 bits per heavy atom. The van der Waals surface area contributed by atoms with E-state index in [9.17, 15) is 4.79 Å². The van der Waals surface area contributed by atoms with Crippen molar-refractivity contribution in [2.75, 3.05) is 7.05 Å². The lowest BCUT2D eigenvalue weighted by Crippen LogP contribution is -2.19. The fraction of sp³-hybridized carbons (Fsp3) is 0.333. The maximum atomic E-state index is 11.2. The lowest BCUT2D eigenvalue weighted by Gasteiger charge is -2.08. The average Bonchev–Trinajstić information content (AvgIpc) is 2.44. The third kappa shape index (κ3) is 0.897. The SMILES string of the molecule is CNC1=NC(=O)C2=C1CCC=C2. The van der Waals surface area contributed by atoms with Gasteiger partial charge in [0.25, 0.3) is 5.91 Å². The van der Waals surface area contributed by atoms with Crippen LogP contribution in [0.4, 0.5) is 0 Å². The van der Waals surface area contributed by atoms with Crippen LogP contribution in [-0.4, -0.2) is 18.8 Å². The number of rotatable bonds is 0. The molecule has 62 valence electrons. The number of likely N-dealkylation sites (N-methyl/N-ethyl adjacent to an activating group) is 1. The van der Waals surface area contributed by atoms with Crippen molar-refractivity contribution in [3.63, 3.8) is 0 Å². The highest BCUT2D eigenvalue weighted by molar-refractivity contribution is 6.19. The van der Waals surface area contributed by atoms with E-state index >= 15 is 0 Å². The summed E-state index contributed by atoms with van der Waals surface area (Å²) < 4.78 is 0. The van der Waals surface area contributed by atoms with Gasteiger partial charge in [-0.15, -0.1) is 0 Å². The Morgan fingerprint density at radius 2 is 2.42 bits per heavy atom. The summed E-state index contributed by atoms with van der Waals surface area (Å²) in [7, 11) is 1.79. The zero-order chi connectivity index (χ0) is 8.55. The molecule has 0 spiro atoms. The zero-order valence-electron chi connectivity index (χ0n) is 6.92.